The van der Waals surface area contributed by atoms with E-state index >= 15 is 0 Å². The zero-order valence-corrected chi connectivity index (χ0v) is 14.1. The molecule has 0 radical (unpaired) electrons. The lowest BCUT2D eigenvalue weighted by molar-refractivity contribution is 0.0491. The summed E-state index contributed by atoms with van der Waals surface area (Å²) in [4.78, 5) is 11.8. The first-order valence-corrected chi connectivity index (χ1v) is 7.77. The largest absolute Gasteiger partial charge is 0.508 e. The second-order valence-electron chi connectivity index (χ2n) is 5.61. The number of ether oxygens (including phenoxy) is 1. The van der Waals surface area contributed by atoms with Crippen LogP contribution >= 0.6 is 0 Å². The monoisotopic (exact) mass is 342 g/mol. The summed E-state index contributed by atoms with van der Waals surface area (Å²) in [5, 5.41) is 27.0. The number of phenolic OH excluding ortho intramolecular Hbond substituents is 2. The summed E-state index contributed by atoms with van der Waals surface area (Å²) in [7, 11) is 0. The zero-order chi connectivity index (χ0) is 18.1. The molecule has 0 saturated carbocycles. The van der Waals surface area contributed by atoms with Crippen LogP contribution in [0.1, 0.15) is 28.7 Å². The van der Waals surface area contributed by atoms with E-state index in [9.17, 15) is 15.0 Å². The van der Waals surface area contributed by atoms with Crippen molar-refractivity contribution in [3.8, 4) is 34.1 Å². The number of carbonyl (C=O) groups excluding carboxylic acids is 1. The van der Waals surface area contributed by atoms with E-state index in [0.29, 0.717) is 33.8 Å². The molecule has 3 N–H and O–H groups in total. The number of esters is 1. The Bertz CT molecular complexity index is 916. The Morgan fingerprint density at radius 1 is 1.24 bits per heavy atom. The Labute approximate surface area is 143 Å². The molecule has 0 unspecified atom stereocenters. The standard InChI is InChI=1S/C18H18N2O5/c1-4-24-18(23)14-6-5-13(25-14)16-10(3)19-20-17(16)15-9(2)7-11(21)8-12(15)22/h5-8,21-22H,4H2,1-3H3,(H,19,20). The maximum Gasteiger partial charge on any atom is 0.374 e. The van der Waals surface area contributed by atoms with Gasteiger partial charge in [0.05, 0.1) is 12.2 Å². The maximum atomic E-state index is 11.8. The van der Waals surface area contributed by atoms with Gasteiger partial charge in [0.25, 0.3) is 0 Å². The summed E-state index contributed by atoms with van der Waals surface area (Å²) in [6, 6.07) is 5.98. The summed E-state index contributed by atoms with van der Waals surface area (Å²) >= 11 is 0. The Balaban J connectivity index is 2.12. The molecule has 0 bridgehead atoms. The number of H-pyrrole nitrogens is 1. The van der Waals surface area contributed by atoms with Crippen molar-refractivity contribution in [2.75, 3.05) is 6.61 Å². The van der Waals surface area contributed by atoms with Gasteiger partial charge in [0, 0.05) is 17.3 Å². The molecule has 1 aromatic carbocycles. The highest BCUT2D eigenvalue weighted by atomic mass is 16.5. The molecular weight excluding hydrogens is 324 g/mol. The number of aryl methyl sites for hydroxylation is 2. The quantitative estimate of drug-likeness (QED) is 0.626. The first kappa shape index (κ1) is 16.6. The molecule has 0 aliphatic rings. The van der Waals surface area contributed by atoms with Gasteiger partial charge in [-0.25, -0.2) is 4.79 Å². The molecule has 130 valence electrons. The number of hydrogen-bond donors (Lipinski definition) is 3. The van der Waals surface area contributed by atoms with Gasteiger partial charge in [-0.15, -0.1) is 0 Å². The van der Waals surface area contributed by atoms with Gasteiger partial charge in [0.1, 0.15) is 23.0 Å². The average molecular weight is 342 g/mol. The molecule has 7 heteroatoms. The van der Waals surface area contributed by atoms with Crippen molar-refractivity contribution in [1.29, 1.82) is 0 Å². The molecule has 0 aliphatic carbocycles. The minimum Gasteiger partial charge on any atom is -0.508 e. The van der Waals surface area contributed by atoms with Crippen molar-refractivity contribution >= 4 is 5.97 Å². The number of carbonyl (C=O) groups is 1. The van der Waals surface area contributed by atoms with Gasteiger partial charge in [-0.1, -0.05) is 0 Å². The lowest BCUT2D eigenvalue weighted by Crippen LogP contribution is -2.02. The van der Waals surface area contributed by atoms with Crippen molar-refractivity contribution in [3.05, 3.63) is 41.3 Å². The van der Waals surface area contributed by atoms with Crippen LogP contribution in [0.25, 0.3) is 22.6 Å². The Morgan fingerprint density at radius 3 is 2.68 bits per heavy atom. The van der Waals surface area contributed by atoms with Crippen LogP contribution in [0.5, 0.6) is 11.5 Å². The fraction of sp³-hybridized carbons (Fsp3) is 0.222. The second-order valence-corrected chi connectivity index (χ2v) is 5.61. The van der Waals surface area contributed by atoms with Crippen molar-refractivity contribution < 1.29 is 24.2 Å². The van der Waals surface area contributed by atoms with Crippen LogP contribution < -0.4 is 0 Å². The number of phenols is 2. The predicted octanol–water partition coefficient (Wildman–Crippen LogP) is 3.54. The van der Waals surface area contributed by atoms with Gasteiger partial charge in [0.2, 0.25) is 5.76 Å². The zero-order valence-electron chi connectivity index (χ0n) is 14.1. The third kappa shape index (κ3) is 2.96. The number of benzene rings is 1. The second kappa shape index (κ2) is 6.35. The first-order chi connectivity index (χ1) is 11.9. The lowest BCUT2D eigenvalue weighted by Gasteiger charge is -2.09. The third-order valence-corrected chi connectivity index (χ3v) is 3.81. The van der Waals surface area contributed by atoms with Crippen molar-refractivity contribution in [2.45, 2.75) is 20.8 Å². The smallest absolute Gasteiger partial charge is 0.374 e. The number of furan rings is 1. The summed E-state index contributed by atoms with van der Waals surface area (Å²) < 4.78 is 10.6. The molecule has 0 fully saturated rings. The highest BCUT2D eigenvalue weighted by Gasteiger charge is 2.23. The number of rotatable bonds is 4. The first-order valence-electron chi connectivity index (χ1n) is 7.77. The normalized spacial score (nSPS) is 10.8. The van der Waals surface area contributed by atoms with E-state index in [1.54, 1.807) is 19.9 Å². The molecule has 3 aromatic rings. The minimum absolute atomic E-state index is 0.0323. The van der Waals surface area contributed by atoms with E-state index in [1.807, 2.05) is 6.92 Å². The van der Waals surface area contributed by atoms with Crippen LogP contribution in [0.3, 0.4) is 0 Å². The fourth-order valence-corrected chi connectivity index (χ4v) is 2.75. The SMILES string of the molecule is CCOC(=O)c1ccc(-c2c(-c3c(C)cc(O)cc3O)n[nH]c2C)o1. The molecule has 0 aliphatic heterocycles. The Hall–Kier alpha value is -3.22. The number of aromatic hydroxyl groups is 2. The van der Waals surface area contributed by atoms with Gasteiger partial charge < -0.3 is 19.4 Å². The Kier molecular flexibility index (Phi) is 4.22. The van der Waals surface area contributed by atoms with Crippen LogP contribution in [0.15, 0.2) is 28.7 Å². The molecule has 0 atom stereocenters. The van der Waals surface area contributed by atoms with Gasteiger partial charge in [-0.3, -0.25) is 5.10 Å². The number of aromatic nitrogens is 2. The van der Waals surface area contributed by atoms with Crippen LogP contribution in [-0.2, 0) is 4.74 Å². The van der Waals surface area contributed by atoms with E-state index < -0.39 is 5.97 Å². The third-order valence-electron chi connectivity index (χ3n) is 3.81. The summed E-state index contributed by atoms with van der Waals surface area (Å²) in [6.07, 6.45) is 0. The highest BCUT2D eigenvalue weighted by Crippen LogP contribution is 2.41. The number of hydrogen-bond acceptors (Lipinski definition) is 6. The molecule has 2 aromatic heterocycles. The fourth-order valence-electron chi connectivity index (χ4n) is 2.75. The van der Waals surface area contributed by atoms with Crippen molar-refractivity contribution in [3.63, 3.8) is 0 Å². The minimum atomic E-state index is -0.542. The van der Waals surface area contributed by atoms with Crippen LogP contribution in [0.4, 0.5) is 0 Å². The topological polar surface area (TPSA) is 109 Å². The molecular formula is C18H18N2O5. The molecule has 25 heavy (non-hydrogen) atoms. The van der Waals surface area contributed by atoms with Gasteiger partial charge >= 0.3 is 5.97 Å². The number of nitrogens with one attached hydrogen (secondary N) is 1. The van der Waals surface area contributed by atoms with Gasteiger partial charge in [-0.2, -0.15) is 5.10 Å². The number of aromatic amines is 1. The molecule has 0 amide bonds. The van der Waals surface area contributed by atoms with E-state index in [2.05, 4.69) is 10.2 Å². The highest BCUT2D eigenvalue weighted by molar-refractivity contribution is 5.89. The van der Waals surface area contributed by atoms with Gasteiger partial charge in [-0.05, 0) is 44.5 Å². The molecule has 7 nitrogen and oxygen atoms in total. The Morgan fingerprint density at radius 2 is 2.00 bits per heavy atom. The van der Waals surface area contributed by atoms with Crippen molar-refractivity contribution in [1.82, 2.24) is 10.2 Å². The lowest BCUT2D eigenvalue weighted by atomic mass is 9.99. The van der Waals surface area contributed by atoms with E-state index in [-0.39, 0.29) is 23.9 Å². The van der Waals surface area contributed by atoms with E-state index in [1.165, 1.54) is 18.2 Å². The maximum absolute atomic E-state index is 11.8. The summed E-state index contributed by atoms with van der Waals surface area (Å²) in [6.45, 7) is 5.54. The van der Waals surface area contributed by atoms with Crippen molar-refractivity contribution in [2.24, 2.45) is 0 Å². The van der Waals surface area contributed by atoms with Crippen LogP contribution in [0.2, 0.25) is 0 Å². The van der Waals surface area contributed by atoms with Crippen LogP contribution in [-0.4, -0.2) is 33.0 Å². The molecule has 2 heterocycles. The number of nitrogens with zero attached hydrogens (tertiary/aromatic N) is 1. The molecule has 0 spiro atoms. The van der Waals surface area contributed by atoms with Gasteiger partial charge in [0.15, 0.2) is 0 Å². The summed E-state index contributed by atoms with van der Waals surface area (Å²) in [5.74, 6) is -0.149. The molecule has 0 saturated heterocycles. The molecule has 3 rings (SSSR count). The van der Waals surface area contributed by atoms with Crippen LogP contribution in [0, 0.1) is 13.8 Å². The van der Waals surface area contributed by atoms with E-state index in [0.717, 1.165) is 0 Å². The summed E-state index contributed by atoms with van der Waals surface area (Å²) in [5.41, 5.74) is 2.94. The average Bonchev–Trinajstić information content (AvgIpc) is 3.13. The van der Waals surface area contributed by atoms with E-state index in [4.69, 9.17) is 9.15 Å². The predicted molar refractivity (Wildman–Crippen MR) is 90.5 cm³/mol.